The molecule has 1 aromatic carbocycles. The van der Waals surface area contributed by atoms with E-state index in [9.17, 15) is 0 Å². The Bertz CT molecular complexity index is 417. The summed E-state index contributed by atoms with van der Waals surface area (Å²) in [5.41, 5.74) is 3.90. The fraction of sp³-hybridized carbons (Fsp3) is 0.286. The van der Waals surface area contributed by atoms with Crippen LogP contribution in [0.1, 0.15) is 29.0 Å². The monoisotopic (exact) mass is 250 g/mol. The zero-order valence-corrected chi connectivity index (χ0v) is 10.9. The number of hydrogen-bond acceptors (Lipinski definition) is 1. The van der Waals surface area contributed by atoms with E-state index in [1.165, 1.54) is 16.7 Å². The van der Waals surface area contributed by atoms with Gasteiger partial charge < -0.3 is 0 Å². The fourth-order valence-electron chi connectivity index (χ4n) is 1.70. The maximum absolute atomic E-state index is 6.40. The summed E-state index contributed by atoms with van der Waals surface area (Å²) >= 11 is 8.12. The van der Waals surface area contributed by atoms with Crippen molar-refractivity contribution < 1.29 is 0 Å². The third kappa shape index (κ3) is 2.87. The molecule has 1 heterocycles. The van der Waals surface area contributed by atoms with Crippen molar-refractivity contribution in [1.29, 1.82) is 0 Å². The first kappa shape index (κ1) is 11.7. The minimum absolute atomic E-state index is 0.0838. The highest BCUT2D eigenvalue weighted by atomic mass is 35.5. The molecule has 1 unspecified atom stereocenters. The standard InChI is InChI=1S/C14H15ClS/c1-2-11-3-5-13(6-4-11)14(15)9-12-7-8-16-10-12/h3-8,10,14H,2,9H2,1H3. The van der Waals surface area contributed by atoms with E-state index < -0.39 is 0 Å². The first-order valence-electron chi connectivity index (χ1n) is 5.53. The smallest absolute Gasteiger partial charge is 0.0625 e. The van der Waals surface area contributed by atoms with Crippen LogP contribution in [0.2, 0.25) is 0 Å². The van der Waals surface area contributed by atoms with Crippen molar-refractivity contribution in [2.75, 3.05) is 0 Å². The Balaban J connectivity index is 2.05. The van der Waals surface area contributed by atoms with Gasteiger partial charge in [-0.25, -0.2) is 0 Å². The summed E-state index contributed by atoms with van der Waals surface area (Å²) < 4.78 is 0. The summed E-state index contributed by atoms with van der Waals surface area (Å²) in [4.78, 5) is 0. The first-order chi connectivity index (χ1) is 7.79. The van der Waals surface area contributed by atoms with Crippen molar-refractivity contribution in [3.63, 3.8) is 0 Å². The largest absolute Gasteiger partial charge is 0.152 e. The molecule has 16 heavy (non-hydrogen) atoms. The van der Waals surface area contributed by atoms with E-state index in [-0.39, 0.29) is 5.38 Å². The Labute approximate surface area is 106 Å². The van der Waals surface area contributed by atoms with Crippen molar-refractivity contribution in [2.24, 2.45) is 0 Å². The van der Waals surface area contributed by atoms with Gasteiger partial charge in [-0.05, 0) is 46.4 Å². The molecule has 84 valence electrons. The lowest BCUT2D eigenvalue weighted by molar-refractivity contribution is 0.922. The molecule has 0 saturated carbocycles. The van der Waals surface area contributed by atoms with Crippen molar-refractivity contribution in [3.05, 3.63) is 57.8 Å². The molecule has 0 saturated heterocycles. The summed E-state index contributed by atoms with van der Waals surface area (Å²) in [5, 5.41) is 4.34. The highest BCUT2D eigenvalue weighted by Gasteiger charge is 2.08. The minimum Gasteiger partial charge on any atom is -0.152 e. The van der Waals surface area contributed by atoms with Crippen LogP contribution in [0.25, 0.3) is 0 Å². The Morgan fingerprint density at radius 2 is 1.88 bits per heavy atom. The summed E-state index contributed by atoms with van der Waals surface area (Å²) in [6.07, 6.45) is 1.99. The van der Waals surface area contributed by atoms with Gasteiger partial charge in [0.1, 0.15) is 0 Å². The van der Waals surface area contributed by atoms with Gasteiger partial charge in [0.25, 0.3) is 0 Å². The molecular formula is C14H15ClS. The molecule has 0 spiro atoms. The number of aryl methyl sites for hydroxylation is 1. The number of hydrogen-bond donors (Lipinski definition) is 0. The van der Waals surface area contributed by atoms with Crippen LogP contribution in [0.4, 0.5) is 0 Å². The van der Waals surface area contributed by atoms with Crippen molar-refractivity contribution in [1.82, 2.24) is 0 Å². The molecule has 0 radical (unpaired) electrons. The van der Waals surface area contributed by atoms with E-state index in [4.69, 9.17) is 11.6 Å². The predicted octanol–water partition coefficient (Wildman–Crippen LogP) is 4.83. The van der Waals surface area contributed by atoms with Crippen LogP contribution in [0.15, 0.2) is 41.1 Å². The van der Waals surface area contributed by atoms with Crippen molar-refractivity contribution in [3.8, 4) is 0 Å². The molecule has 0 bridgehead atoms. The van der Waals surface area contributed by atoms with Gasteiger partial charge in [0.15, 0.2) is 0 Å². The molecule has 2 aromatic rings. The predicted molar refractivity (Wildman–Crippen MR) is 72.4 cm³/mol. The molecule has 1 atom stereocenters. The Kier molecular flexibility index (Phi) is 4.03. The second-order valence-electron chi connectivity index (χ2n) is 3.90. The van der Waals surface area contributed by atoms with Crippen LogP contribution in [-0.2, 0) is 12.8 Å². The molecular weight excluding hydrogens is 236 g/mol. The van der Waals surface area contributed by atoms with Crippen LogP contribution in [-0.4, -0.2) is 0 Å². The molecule has 0 amide bonds. The van der Waals surface area contributed by atoms with Gasteiger partial charge in [-0.2, -0.15) is 11.3 Å². The zero-order chi connectivity index (χ0) is 11.4. The maximum Gasteiger partial charge on any atom is 0.0625 e. The highest BCUT2D eigenvalue weighted by molar-refractivity contribution is 7.07. The van der Waals surface area contributed by atoms with Crippen LogP contribution in [0.5, 0.6) is 0 Å². The second-order valence-corrected chi connectivity index (χ2v) is 5.21. The minimum atomic E-state index is 0.0838. The number of rotatable bonds is 4. The lowest BCUT2D eigenvalue weighted by Crippen LogP contribution is -1.95. The van der Waals surface area contributed by atoms with Crippen LogP contribution in [0, 0.1) is 0 Å². The van der Waals surface area contributed by atoms with Crippen LogP contribution in [0.3, 0.4) is 0 Å². The van der Waals surface area contributed by atoms with Crippen molar-refractivity contribution >= 4 is 22.9 Å². The molecule has 0 nitrogen and oxygen atoms in total. The molecule has 1 aromatic heterocycles. The molecule has 0 aliphatic carbocycles. The van der Waals surface area contributed by atoms with E-state index in [0.29, 0.717) is 0 Å². The van der Waals surface area contributed by atoms with Gasteiger partial charge in [0.05, 0.1) is 5.38 Å². The van der Waals surface area contributed by atoms with Gasteiger partial charge in [-0.15, -0.1) is 11.6 Å². The second kappa shape index (κ2) is 5.51. The SMILES string of the molecule is CCc1ccc(C(Cl)Cc2ccsc2)cc1. The Morgan fingerprint density at radius 3 is 2.44 bits per heavy atom. The summed E-state index contributed by atoms with van der Waals surface area (Å²) in [5.74, 6) is 0. The summed E-state index contributed by atoms with van der Waals surface area (Å²) in [7, 11) is 0. The molecule has 0 N–H and O–H groups in total. The average molecular weight is 251 g/mol. The first-order valence-corrected chi connectivity index (χ1v) is 6.91. The van der Waals surface area contributed by atoms with E-state index in [0.717, 1.165) is 12.8 Å². The number of thiophene rings is 1. The topological polar surface area (TPSA) is 0 Å². The van der Waals surface area contributed by atoms with E-state index in [1.54, 1.807) is 11.3 Å². The van der Waals surface area contributed by atoms with Gasteiger partial charge >= 0.3 is 0 Å². The van der Waals surface area contributed by atoms with Gasteiger partial charge in [-0.1, -0.05) is 31.2 Å². The van der Waals surface area contributed by atoms with Gasteiger partial charge in [0, 0.05) is 0 Å². The molecule has 2 heteroatoms. The van der Waals surface area contributed by atoms with E-state index >= 15 is 0 Å². The highest BCUT2D eigenvalue weighted by Crippen LogP contribution is 2.26. The van der Waals surface area contributed by atoms with Crippen molar-refractivity contribution in [2.45, 2.75) is 25.1 Å². The van der Waals surface area contributed by atoms with Gasteiger partial charge in [0.2, 0.25) is 0 Å². The van der Waals surface area contributed by atoms with E-state index in [2.05, 4.69) is 48.0 Å². The number of benzene rings is 1. The Hall–Kier alpha value is -0.790. The lowest BCUT2D eigenvalue weighted by atomic mass is 10.0. The Morgan fingerprint density at radius 1 is 1.12 bits per heavy atom. The van der Waals surface area contributed by atoms with Gasteiger partial charge in [-0.3, -0.25) is 0 Å². The van der Waals surface area contributed by atoms with Crippen LogP contribution < -0.4 is 0 Å². The quantitative estimate of drug-likeness (QED) is 0.682. The number of halogens is 1. The summed E-state index contributed by atoms with van der Waals surface area (Å²) in [6, 6.07) is 10.8. The lowest BCUT2D eigenvalue weighted by Gasteiger charge is -2.09. The molecule has 0 aliphatic heterocycles. The van der Waals surface area contributed by atoms with E-state index in [1.807, 2.05) is 0 Å². The third-order valence-corrected chi connectivity index (χ3v) is 3.88. The fourth-order valence-corrected chi connectivity index (χ4v) is 2.70. The normalized spacial score (nSPS) is 12.6. The van der Waals surface area contributed by atoms with Crippen LogP contribution >= 0.6 is 22.9 Å². The number of alkyl halides is 1. The third-order valence-electron chi connectivity index (χ3n) is 2.74. The maximum atomic E-state index is 6.40. The molecule has 0 fully saturated rings. The summed E-state index contributed by atoms with van der Waals surface area (Å²) in [6.45, 7) is 2.17. The zero-order valence-electron chi connectivity index (χ0n) is 9.32. The molecule has 0 aliphatic rings. The average Bonchev–Trinajstić information content (AvgIpc) is 2.82. The molecule has 2 rings (SSSR count).